The molecule has 3 amide bonds. The number of nitrogens with zero attached hydrogens (tertiary/aromatic N) is 4. The molecule has 0 spiro atoms. The van der Waals surface area contributed by atoms with E-state index >= 15 is 0 Å². The van der Waals surface area contributed by atoms with Gasteiger partial charge in [-0.25, -0.2) is 22.4 Å². The highest BCUT2D eigenvalue weighted by molar-refractivity contribution is 5.97. The quantitative estimate of drug-likeness (QED) is 0.419. The van der Waals surface area contributed by atoms with Crippen LogP contribution in [0, 0.1) is 34.6 Å². The first-order valence-corrected chi connectivity index (χ1v) is 12.6. The third-order valence-electron chi connectivity index (χ3n) is 7.45. The number of carbonyl (C=O) groups excluding carboxylic acids is 2. The highest BCUT2D eigenvalue weighted by Crippen LogP contribution is 2.37. The first-order chi connectivity index (χ1) is 18.6. The van der Waals surface area contributed by atoms with Gasteiger partial charge in [0.15, 0.2) is 11.6 Å². The molecule has 0 aromatic heterocycles. The molecule has 11 heteroatoms. The van der Waals surface area contributed by atoms with Crippen LogP contribution >= 0.6 is 0 Å². The fourth-order valence-corrected chi connectivity index (χ4v) is 5.25. The molecule has 2 aromatic carbocycles. The summed E-state index contributed by atoms with van der Waals surface area (Å²) in [6.07, 6.45) is 2.77. The lowest BCUT2D eigenvalue weighted by atomic mass is 9.73. The minimum absolute atomic E-state index is 0.211. The van der Waals surface area contributed by atoms with Crippen molar-refractivity contribution in [2.24, 2.45) is 0 Å². The van der Waals surface area contributed by atoms with Crippen LogP contribution in [0.4, 0.5) is 22.4 Å². The van der Waals surface area contributed by atoms with E-state index in [0.29, 0.717) is 45.4 Å². The van der Waals surface area contributed by atoms with E-state index in [4.69, 9.17) is 0 Å². The van der Waals surface area contributed by atoms with Gasteiger partial charge in [-0.3, -0.25) is 4.79 Å². The third kappa shape index (κ3) is 5.76. The maximum atomic E-state index is 14.4. The summed E-state index contributed by atoms with van der Waals surface area (Å²) in [7, 11) is 2.99. The van der Waals surface area contributed by atoms with E-state index in [9.17, 15) is 32.4 Å². The van der Waals surface area contributed by atoms with E-state index in [1.807, 2.05) is 0 Å². The fourth-order valence-electron chi connectivity index (χ4n) is 5.25. The second-order valence-electron chi connectivity index (χ2n) is 9.93. The Balaban J connectivity index is 1.34. The summed E-state index contributed by atoms with van der Waals surface area (Å²) in [6.45, 7) is 2.02. The smallest absolute Gasteiger partial charge is 0.324 e. The molecule has 1 fully saturated rings. The molecule has 2 heterocycles. The number of nitrogens with one attached hydrogen (secondary N) is 1. The molecule has 7 nitrogen and oxygen atoms in total. The van der Waals surface area contributed by atoms with Crippen molar-refractivity contribution in [1.82, 2.24) is 20.0 Å². The van der Waals surface area contributed by atoms with E-state index < -0.39 is 46.7 Å². The number of hydrogen-bond donors (Lipinski definition) is 1. The average molecular weight is 544 g/mol. The maximum Gasteiger partial charge on any atom is 0.324 e. The van der Waals surface area contributed by atoms with Crippen molar-refractivity contribution in [3.05, 3.63) is 82.6 Å². The molecule has 39 heavy (non-hydrogen) atoms. The Morgan fingerprint density at radius 1 is 1.05 bits per heavy atom. The predicted molar refractivity (Wildman–Crippen MR) is 135 cm³/mol. The Bertz CT molecular complexity index is 1330. The maximum absolute atomic E-state index is 14.4. The number of piperidine rings is 1. The summed E-state index contributed by atoms with van der Waals surface area (Å²) in [6, 6.07) is 7.53. The molecule has 206 valence electrons. The highest BCUT2D eigenvalue weighted by atomic mass is 19.2. The summed E-state index contributed by atoms with van der Waals surface area (Å²) >= 11 is 0. The summed E-state index contributed by atoms with van der Waals surface area (Å²) in [5, 5.41) is 12.6. The minimum atomic E-state index is -1.07. The van der Waals surface area contributed by atoms with Crippen LogP contribution in [0.3, 0.4) is 0 Å². The summed E-state index contributed by atoms with van der Waals surface area (Å²) in [5.41, 5.74) is -0.321. The monoisotopic (exact) mass is 543 g/mol. The second kappa shape index (κ2) is 11.5. The summed E-state index contributed by atoms with van der Waals surface area (Å²) in [4.78, 5) is 30.3. The molecule has 0 bridgehead atoms. The van der Waals surface area contributed by atoms with Crippen LogP contribution in [0.25, 0.3) is 0 Å². The summed E-state index contributed by atoms with van der Waals surface area (Å²) < 4.78 is 55.1. The molecule has 0 saturated carbocycles. The molecule has 4 rings (SSSR count). The van der Waals surface area contributed by atoms with Crippen LogP contribution in [0.1, 0.15) is 36.4 Å². The zero-order valence-corrected chi connectivity index (χ0v) is 21.7. The number of urea groups is 1. The lowest BCUT2D eigenvalue weighted by Gasteiger charge is -2.38. The highest BCUT2D eigenvalue weighted by Gasteiger charge is 2.39. The van der Waals surface area contributed by atoms with Gasteiger partial charge in [-0.15, -0.1) is 0 Å². The topological polar surface area (TPSA) is 79.7 Å². The standard InChI is InChI=1S/C28H29F4N5O2/c1-35-16-20(25(36(2)27(35)39)18-4-7-22(30)24(32)14-18)26(38)34-10-3-11-37-12-8-28(17-33,9-13-37)21-6-5-19(29)15-23(21)31/h4-7,14-16,25H,3,8-13H2,1-2H3,(H,34,38). The Hall–Kier alpha value is -3.91. The average Bonchev–Trinajstić information content (AvgIpc) is 2.91. The molecule has 2 aliphatic rings. The zero-order valence-electron chi connectivity index (χ0n) is 21.7. The van der Waals surface area contributed by atoms with Crippen molar-refractivity contribution >= 4 is 11.9 Å². The number of benzene rings is 2. The molecule has 1 N–H and O–H groups in total. The molecule has 0 radical (unpaired) electrons. The largest absolute Gasteiger partial charge is 0.352 e. The van der Waals surface area contributed by atoms with Gasteiger partial charge in [0.1, 0.15) is 11.6 Å². The van der Waals surface area contributed by atoms with E-state index in [0.717, 1.165) is 24.3 Å². The molecule has 2 aromatic rings. The van der Waals surface area contributed by atoms with Crippen LogP contribution in [-0.4, -0.2) is 66.9 Å². The van der Waals surface area contributed by atoms with Gasteiger partial charge in [0, 0.05) is 38.5 Å². The first-order valence-electron chi connectivity index (χ1n) is 12.6. The molecule has 0 aliphatic carbocycles. The van der Waals surface area contributed by atoms with Gasteiger partial charge in [0.2, 0.25) is 0 Å². The van der Waals surface area contributed by atoms with Gasteiger partial charge in [-0.05, 0) is 62.7 Å². The normalized spacial score (nSPS) is 19.5. The van der Waals surface area contributed by atoms with Crippen LogP contribution < -0.4 is 5.32 Å². The van der Waals surface area contributed by atoms with E-state index in [1.165, 1.54) is 42.2 Å². The molecule has 1 unspecified atom stereocenters. The first kappa shape index (κ1) is 28.1. The Morgan fingerprint density at radius 2 is 1.77 bits per heavy atom. The number of carbonyl (C=O) groups is 2. The molecule has 1 atom stereocenters. The molecule has 1 saturated heterocycles. The number of likely N-dealkylation sites (N-methyl/N-ethyl adjacent to an activating group) is 1. The van der Waals surface area contributed by atoms with Crippen LogP contribution in [-0.2, 0) is 10.2 Å². The SMILES string of the molecule is CN1C=C(C(=O)NCCCN2CCC(C#N)(c3ccc(F)cc3F)CC2)C(c2ccc(F)c(F)c2)N(C)C1=O. The Labute approximate surface area is 224 Å². The van der Waals surface area contributed by atoms with Crippen molar-refractivity contribution in [1.29, 1.82) is 5.26 Å². The predicted octanol–water partition coefficient (Wildman–Crippen LogP) is 4.23. The van der Waals surface area contributed by atoms with Crippen molar-refractivity contribution in [2.45, 2.75) is 30.7 Å². The molecular weight excluding hydrogens is 514 g/mol. The minimum Gasteiger partial charge on any atom is -0.352 e. The molecule has 2 aliphatic heterocycles. The van der Waals surface area contributed by atoms with Gasteiger partial charge in [0.25, 0.3) is 5.91 Å². The number of hydrogen-bond acceptors (Lipinski definition) is 4. The van der Waals surface area contributed by atoms with Crippen LogP contribution in [0.15, 0.2) is 48.2 Å². The van der Waals surface area contributed by atoms with E-state index in [2.05, 4.69) is 16.3 Å². The van der Waals surface area contributed by atoms with E-state index in [1.54, 1.807) is 0 Å². The zero-order chi connectivity index (χ0) is 28.3. The number of amides is 3. The van der Waals surface area contributed by atoms with Crippen molar-refractivity contribution in [2.75, 3.05) is 40.3 Å². The lowest BCUT2D eigenvalue weighted by molar-refractivity contribution is -0.118. The third-order valence-corrected chi connectivity index (χ3v) is 7.45. The van der Waals surface area contributed by atoms with Gasteiger partial charge in [-0.1, -0.05) is 12.1 Å². The number of nitriles is 1. The van der Waals surface area contributed by atoms with Gasteiger partial charge < -0.3 is 20.0 Å². The van der Waals surface area contributed by atoms with Crippen molar-refractivity contribution in [3.63, 3.8) is 0 Å². The van der Waals surface area contributed by atoms with E-state index in [-0.39, 0.29) is 16.7 Å². The lowest BCUT2D eigenvalue weighted by Crippen LogP contribution is -2.46. The van der Waals surface area contributed by atoms with Crippen molar-refractivity contribution < 1.29 is 27.2 Å². The van der Waals surface area contributed by atoms with Gasteiger partial charge in [0.05, 0.1) is 23.1 Å². The molecular formula is C28H29F4N5O2. The van der Waals surface area contributed by atoms with Gasteiger partial charge >= 0.3 is 6.03 Å². The van der Waals surface area contributed by atoms with Crippen molar-refractivity contribution in [3.8, 4) is 6.07 Å². The van der Waals surface area contributed by atoms with Gasteiger partial charge in [-0.2, -0.15) is 5.26 Å². The second-order valence-corrected chi connectivity index (χ2v) is 9.93. The van der Waals surface area contributed by atoms with Crippen LogP contribution in [0.5, 0.6) is 0 Å². The number of rotatable bonds is 7. The number of halogens is 4. The summed E-state index contributed by atoms with van der Waals surface area (Å²) in [5.74, 6) is -3.94. The Morgan fingerprint density at radius 3 is 2.41 bits per heavy atom. The van der Waals surface area contributed by atoms with Crippen LogP contribution in [0.2, 0.25) is 0 Å². The number of likely N-dealkylation sites (tertiary alicyclic amines) is 1. The Kier molecular flexibility index (Phi) is 8.25. The fraction of sp³-hybridized carbons (Fsp3) is 0.393.